The zero-order valence-corrected chi connectivity index (χ0v) is 15.2. The standard InChI is InChI=1S/C20H32N2O2/c1-3-4-5-6-7-8-9-10-11-12-20(24)22-21-17(2)18-13-15-19(23)16-14-18/h13-16,23H,3-12H2,1-2H3,(H,22,24)/b21-17+. The van der Waals surface area contributed by atoms with Gasteiger partial charge in [-0.3, -0.25) is 4.79 Å². The molecule has 1 amide bonds. The predicted molar refractivity (Wildman–Crippen MR) is 100 cm³/mol. The van der Waals surface area contributed by atoms with Gasteiger partial charge >= 0.3 is 0 Å². The van der Waals surface area contributed by atoms with E-state index in [-0.39, 0.29) is 11.7 Å². The Morgan fingerprint density at radius 2 is 1.50 bits per heavy atom. The number of aromatic hydroxyl groups is 1. The van der Waals surface area contributed by atoms with Gasteiger partial charge in [-0.15, -0.1) is 0 Å². The van der Waals surface area contributed by atoms with Crippen molar-refractivity contribution in [2.75, 3.05) is 0 Å². The van der Waals surface area contributed by atoms with Crippen molar-refractivity contribution in [1.82, 2.24) is 5.43 Å². The van der Waals surface area contributed by atoms with Crippen molar-refractivity contribution in [1.29, 1.82) is 0 Å². The Hall–Kier alpha value is -1.84. The third-order valence-electron chi connectivity index (χ3n) is 4.14. The third-order valence-corrected chi connectivity index (χ3v) is 4.14. The maximum atomic E-state index is 11.8. The van der Waals surface area contributed by atoms with Crippen LogP contribution in [0.5, 0.6) is 5.75 Å². The fraction of sp³-hybridized carbons (Fsp3) is 0.600. The van der Waals surface area contributed by atoms with Crippen molar-refractivity contribution in [3.8, 4) is 5.75 Å². The van der Waals surface area contributed by atoms with E-state index in [2.05, 4.69) is 17.5 Å². The van der Waals surface area contributed by atoms with Crippen molar-refractivity contribution < 1.29 is 9.90 Å². The van der Waals surface area contributed by atoms with Crippen LogP contribution in [0.3, 0.4) is 0 Å². The number of rotatable bonds is 12. The Bertz CT molecular complexity index is 495. The van der Waals surface area contributed by atoms with Crippen LogP contribution in [0.2, 0.25) is 0 Å². The molecule has 0 saturated carbocycles. The maximum absolute atomic E-state index is 11.8. The second kappa shape index (κ2) is 12.6. The number of amides is 1. The minimum atomic E-state index is -0.0314. The Morgan fingerprint density at radius 1 is 0.958 bits per heavy atom. The van der Waals surface area contributed by atoms with Gasteiger partial charge in [0, 0.05) is 6.42 Å². The van der Waals surface area contributed by atoms with Gasteiger partial charge in [-0.25, -0.2) is 5.43 Å². The number of hydrazone groups is 1. The summed E-state index contributed by atoms with van der Waals surface area (Å²) in [6, 6.07) is 6.78. The molecule has 0 aliphatic carbocycles. The third kappa shape index (κ3) is 9.33. The molecule has 0 aliphatic heterocycles. The van der Waals surface area contributed by atoms with Crippen molar-refractivity contribution >= 4 is 11.6 Å². The first-order valence-electron chi connectivity index (χ1n) is 9.26. The number of phenols is 1. The first kappa shape index (κ1) is 20.2. The topological polar surface area (TPSA) is 61.7 Å². The summed E-state index contributed by atoms with van der Waals surface area (Å²) in [5, 5.41) is 13.4. The number of hydrogen-bond donors (Lipinski definition) is 2. The number of nitrogens with one attached hydrogen (secondary N) is 1. The molecule has 0 spiro atoms. The molecule has 134 valence electrons. The highest BCUT2D eigenvalue weighted by Crippen LogP contribution is 2.11. The molecule has 0 bridgehead atoms. The second-order valence-electron chi connectivity index (χ2n) is 6.36. The molecule has 0 heterocycles. The zero-order valence-electron chi connectivity index (χ0n) is 15.2. The molecule has 0 aromatic heterocycles. The summed E-state index contributed by atoms with van der Waals surface area (Å²) in [7, 11) is 0. The quantitative estimate of drug-likeness (QED) is 0.316. The van der Waals surface area contributed by atoms with E-state index in [1.807, 2.05) is 6.92 Å². The number of benzene rings is 1. The van der Waals surface area contributed by atoms with Gasteiger partial charge in [0.1, 0.15) is 5.75 Å². The fourth-order valence-corrected chi connectivity index (χ4v) is 2.57. The minimum Gasteiger partial charge on any atom is -0.508 e. The van der Waals surface area contributed by atoms with Gasteiger partial charge in [-0.05, 0) is 43.2 Å². The van der Waals surface area contributed by atoms with Crippen LogP contribution in [0.25, 0.3) is 0 Å². The first-order chi connectivity index (χ1) is 11.6. The average molecular weight is 332 g/mol. The normalized spacial score (nSPS) is 11.5. The number of phenolic OH excluding ortho intramolecular Hbond substituents is 1. The van der Waals surface area contributed by atoms with Gasteiger partial charge in [-0.2, -0.15) is 5.10 Å². The lowest BCUT2D eigenvalue weighted by Gasteiger charge is -2.04. The van der Waals surface area contributed by atoms with Crippen molar-refractivity contribution in [3.05, 3.63) is 29.8 Å². The molecular weight excluding hydrogens is 300 g/mol. The van der Waals surface area contributed by atoms with Gasteiger partial charge in [-0.1, -0.05) is 58.3 Å². The summed E-state index contributed by atoms with van der Waals surface area (Å²) in [6.07, 6.45) is 11.7. The minimum absolute atomic E-state index is 0.0314. The van der Waals surface area contributed by atoms with Gasteiger partial charge in [0.15, 0.2) is 0 Å². The van der Waals surface area contributed by atoms with Crippen LogP contribution in [0.4, 0.5) is 0 Å². The Balaban J connectivity index is 2.09. The summed E-state index contributed by atoms with van der Waals surface area (Å²) in [5.41, 5.74) is 4.22. The summed E-state index contributed by atoms with van der Waals surface area (Å²) in [5.74, 6) is 0.192. The number of carbonyl (C=O) groups excluding carboxylic acids is 1. The van der Waals surface area contributed by atoms with E-state index in [0.29, 0.717) is 6.42 Å². The lowest BCUT2D eigenvalue weighted by Crippen LogP contribution is -2.18. The molecule has 4 heteroatoms. The molecule has 1 rings (SSSR count). The van der Waals surface area contributed by atoms with Crippen LogP contribution in [-0.4, -0.2) is 16.7 Å². The van der Waals surface area contributed by atoms with Gasteiger partial charge in [0.2, 0.25) is 5.91 Å². The van der Waals surface area contributed by atoms with E-state index in [1.54, 1.807) is 24.3 Å². The molecule has 2 N–H and O–H groups in total. The molecule has 0 unspecified atom stereocenters. The highest BCUT2D eigenvalue weighted by molar-refractivity contribution is 5.99. The SMILES string of the molecule is CCCCCCCCCCCC(=O)N/N=C(\C)c1ccc(O)cc1. The van der Waals surface area contributed by atoms with Crippen LogP contribution in [0.15, 0.2) is 29.4 Å². The average Bonchev–Trinajstić information content (AvgIpc) is 2.59. The van der Waals surface area contributed by atoms with Crippen LogP contribution < -0.4 is 5.43 Å². The Labute approximate surface area is 146 Å². The molecule has 0 atom stereocenters. The molecule has 24 heavy (non-hydrogen) atoms. The summed E-state index contributed by atoms with van der Waals surface area (Å²) in [4.78, 5) is 11.8. The highest BCUT2D eigenvalue weighted by atomic mass is 16.3. The van der Waals surface area contributed by atoms with Crippen LogP contribution in [-0.2, 0) is 4.79 Å². The van der Waals surface area contributed by atoms with Crippen molar-refractivity contribution in [2.45, 2.75) is 78.1 Å². The summed E-state index contributed by atoms with van der Waals surface area (Å²) in [6.45, 7) is 4.08. The van der Waals surface area contributed by atoms with Gasteiger partial charge < -0.3 is 5.11 Å². The molecule has 0 radical (unpaired) electrons. The number of nitrogens with zero attached hydrogens (tertiary/aromatic N) is 1. The number of hydrogen-bond acceptors (Lipinski definition) is 3. The molecular formula is C20H32N2O2. The van der Waals surface area contributed by atoms with E-state index in [1.165, 1.54) is 44.9 Å². The van der Waals surface area contributed by atoms with Crippen molar-refractivity contribution in [2.24, 2.45) is 5.10 Å². The lowest BCUT2D eigenvalue weighted by atomic mass is 10.1. The molecule has 1 aromatic carbocycles. The summed E-state index contributed by atoms with van der Waals surface area (Å²) >= 11 is 0. The maximum Gasteiger partial charge on any atom is 0.240 e. The van der Waals surface area contributed by atoms with Gasteiger partial charge in [0.05, 0.1) is 5.71 Å². The van der Waals surface area contributed by atoms with E-state index >= 15 is 0 Å². The van der Waals surface area contributed by atoms with Crippen LogP contribution >= 0.6 is 0 Å². The summed E-state index contributed by atoms with van der Waals surface area (Å²) < 4.78 is 0. The zero-order chi connectivity index (χ0) is 17.6. The number of unbranched alkanes of at least 4 members (excludes halogenated alkanes) is 8. The molecule has 0 fully saturated rings. The molecule has 0 aliphatic rings. The van der Waals surface area contributed by atoms with E-state index in [0.717, 1.165) is 24.1 Å². The monoisotopic (exact) mass is 332 g/mol. The van der Waals surface area contributed by atoms with Gasteiger partial charge in [0.25, 0.3) is 0 Å². The molecule has 1 aromatic rings. The number of carbonyl (C=O) groups is 1. The van der Waals surface area contributed by atoms with Crippen LogP contribution in [0.1, 0.15) is 83.6 Å². The Kier molecular flexibility index (Phi) is 10.6. The van der Waals surface area contributed by atoms with E-state index < -0.39 is 0 Å². The van der Waals surface area contributed by atoms with E-state index in [4.69, 9.17) is 0 Å². The Morgan fingerprint density at radius 3 is 2.08 bits per heavy atom. The predicted octanol–water partition coefficient (Wildman–Crippen LogP) is 5.15. The molecule has 0 saturated heterocycles. The molecule has 4 nitrogen and oxygen atoms in total. The highest BCUT2D eigenvalue weighted by Gasteiger charge is 2.02. The van der Waals surface area contributed by atoms with E-state index in [9.17, 15) is 9.90 Å². The van der Waals surface area contributed by atoms with Crippen molar-refractivity contribution in [3.63, 3.8) is 0 Å². The largest absolute Gasteiger partial charge is 0.508 e. The second-order valence-corrected chi connectivity index (χ2v) is 6.36. The fourth-order valence-electron chi connectivity index (χ4n) is 2.57. The smallest absolute Gasteiger partial charge is 0.240 e. The van der Waals surface area contributed by atoms with Crippen LogP contribution in [0, 0.1) is 0 Å². The lowest BCUT2D eigenvalue weighted by molar-refractivity contribution is -0.121. The first-order valence-corrected chi connectivity index (χ1v) is 9.26.